The predicted octanol–water partition coefficient (Wildman–Crippen LogP) is 5.19. The Hall–Kier alpha value is -2.03. The third kappa shape index (κ3) is 4.25. The van der Waals surface area contributed by atoms with E-state index in [-0.39, 0.29) is 28.9 Å². The molecule has 0 saturated heterocycles. The predicted molar refractivity (Wildman–Crippen MR) is 96.6 cm³/mol. The highest BCUT2D eigenvalue weighted by atomic mass is 16.3. The summed E-state index contributed by atoms with van der Waals surface area (Å²) in [6.07, 6.45) is 0.840. The van der Waals surface area contributed by atoms with Crippen LogP contribution in [0, 0.1) is 17.3 Å². The zero-order chi connectivity index (χ0) is 17.2. The highest BCUT2D eigenvalue weighted by Gasteiger charge is 2.27. The van der Waals surface area contributed by atoms with Gasteiger partial charge in [0.05, 0.1) is 0 Å². The molecular weight excluding hydrogens is 286 g/mol. The van der Waals surface area contributed by atoms with Gasteiger partial charge >= 0.3 is 0 Å². The first-order valence-electron chi connectivity index (χ1n) is 8.20. The minimum Gasteiger partial charge on any atom is -0.507 e. The number of benzene rings is 2. The lowest BCUT2D eigenvalue weighted by Gasteiger charge is -2.28. The normalized spacial score (nSPS) is 13.3. The van der Waals surface area contributed by atoms with Crippen LogP contribution < -0.4 is 5.32 Å². The van der Waals surface area contributed by atoms with Crippen LogP contribution in [-0.4, -0.2) is 11.0 Å². The van der Waals surface area contributed by atoms with Crippen molar-refractivity contribution in [3.8, 4) is 5.75 Å². The lowest BCUT2D eigenvalue weighted by Crippen LogP contribution is -2.30. The molecule has 2 aromatic carbocycles. The van der Waals surface area contributed by atoms with Gasteiger partial charge in [0.2, 0.25) is 5.91 Å². The van der Waals surface area contributed by atoms with Crippen molar-refractivity contribution in [1.82, 2.24) is 0 Å². The van der Waals surface area contributed by atoms with Crippen molar-refractivity contribution in [3.63, 3.8) is 0 Å². The van der Waals surface area contributed by atoms with E-state index < -0.39 is 0 Å². The van der Waals surface area contributed by atoms with Crippen LogP contribution in [0.1, 0.15) is 41.0 Å². The van der Waals surface area contributed by atoms with Crippen molar-refractivity contribution in [1.29, 1.82) is 0 Å². The molecule has 1 amide bonds. The van der Waals surface area contributed by atoms with E-state index in [1.54, 1.807) is 12.1 Å². The quantitative estimate of drug-likeness (QED) is 0.816. The number of nitrogens with one attached hydrogen (secondary N) is 1. The van der Waals surface area contributed by atoms with Crippen molar-refractivity contribution in [3.05, 3.63) is 36.4 Å². The van der Waals surface area contributed by atoms with E-state index in [0.717, 1.165) is 22.9 Å². The molecule has 3 heteroatoms. The summed E-state index contributed by atoms with van der Waals surface area (Å²) in [5.41, 5.74) is 0.853. The van der Waals surface area contributed by atoms with Crippen molar-refractivity contribution in [2.45, 2.75) is 41.0 Å². The summed E-state index contributed by atoms with van der Waals surface area (Å²) >= 11 is 0. The SMILES string of the molecule is CC(C)C(CC(C)(C)C)C(=O)Nc1cccc2c(O)cccc12. The number of hydrogen-bond acceptors (Lipinski definition) is 2. The van der Waals surface area contributed by atoms with Crippen molar-refractivity contribution in [2.24, 2.45) is 17.3 Å². The van der Waals surface area contributed by atoms with Crippen molar-refractivity contribution in [2.75, 3.05) is 5.32 Å². The van der Waals surface area contributed by atoms with E-state index >= 15 is 0 Å². The number of rotatable bonds is 4. The van der Waals surface area contributed by atoms with Crippen LogP contribution in [0.2, 0.25) is 0 Å². The summed E-state index contributed by atoms with van der Waals surface area (Å²) in [6, 6.07) is 11.0. The Bertz CT molecular complexity index is 698. The van der Waals surface area contributed by atoms with E-state index in [2.05, 4.69) is 39.9 Å². The Morgan fingerprint density at radius 1 is 1.09 bits per heavy atom. The fourth-order valence-corrected chi connectivity index (χ4v) is 2.92. The van der Waals surface area contributed by atoms with Gasteiger partial charge in [0.1, 0.15) is 5.75 Å². The standard InChI is InChI=1S/C20H27NO2/c1-13(2)16(12-20(3,4)5)19(23)21-17-10-6-9-15-14(17)8-7-11-18(15)22/h6-11,13,16,22H,12H2,1-5H3,(H,21,23). The maximum absolute atomic E-state index is 12.8. The Morgan fingerprint density at radius 2 is 1.70 bits per heavy atom. The van der Waals surface area contributed by atoms with Crippen LogP contribution in [0.5, 0.6) is 5.75 Å². The van der Waals surface area contributed by atoms with E-state index in [4.69, 9.17) is 0 Å². The van der Waals surface area contributed by atoms with Crippen LogP contribution >= 0.6 is 0 Å². The molecule has 2 rings (SSSR count). The summed E-state index contributed by atoms with van der Waals surface area (Å²) in [7, 11) is 0. The lowest BCUT2D eigenvalue weighted by molar-refractivity contribution is -0.122. The number of anilines is 1. The first kappa shape index (κ1) is 17.3. The fraction of sp³-hybridized carbons (Fsp3) is 0.450. The summed E-state index contributed by atoms with van der Waals surface area (Å²) in [5, 5.41) is 14.6. The van der Waals surface area contributed by atoms with Crippen LogP contribution in [-0.2, 0) is 4.79 Å². The second kappa shape index (κ2) is 6.61. The molecule has 0 bridgehead atoms. The summed E-state index contributed by atoms with van der Waals surface area (Å²) in [4.78, 5) is 12.8. The van der Waals surface area contributed by atoms with Gasteiger partial charge in [-0.1, -0.05) is 58.9 Å². The molecule has 0 aliphatic heterocycles. The molecule has 2 aromatic rings. The van der Waals surface area contributed by atoms with Gasteiger partial charge in [-0.05, 0) is 29.9 Å². The molecule has 0 aromatic heterocycles. The van der Waals surface area contributed by atoms with Gasteiger partial charge in [-0.25, -0.2) is 0 Å². The first-order valence-corrected chi connectivity index (χ1v) is 8.20. The van der Waals surface area contributed by atoms with E-state index in [1.807, 2.05) is 24.3 Å². The molecule has 3 nitrogen and oxygen atoms in total. The molecule has 0 heterocycles. The minimum atomic E-state index is -0.0393. The smallest absolute Gasteiger partial charge is 0.227 e. The number of fused-ring (bicyclic) bond motifs is 1. The van der Waals surface area contributed by atoms with Gasteiger partial charge in [0, 0.05) is 22.4 Å². The molecule has 1 atom stereocenters. The Labute approximate surface area is 138 Å². The summed E-state index contributed by atoms with van der Waals surface area (Å²) < 4.78 is 0. The Balaban J connectivity index is 2.30. The zero-order valence-corrected chi connectivity index (χ0v) is 14.7. The van der Waals surface area contributed by atoms with Gasteiger partial charge in [0.15, 0.2) is 0 Å². The van der Waals surface area contributed by atoms with Gasteiger partial charge in [-0.3, -0.25) is 4.79 Å². The second-order valence-corrected chi connectivity index (χ2v) is 7.78. The maximum Gasteiger partial charge on any atom is 0.227 e. The largest absolute Gasteiger partial charge is 0.507 e. The molecule has 1 unspecified atom stereocenters. The summed E-state index contributed by atoms with van der Waals surface area (Å²) in [6.45, 7) is 10.7. The number of hydrogen-bond donors (Lipinski definition) is 2. The summed E-state index contributed by atoms with van der Waals surface area (Å²) in [5.74, 6) is 0.514. The van der Waals surface area contributed by atoms with E-state index in [1.165, 1.54) is 0 Å². The number of phenolic OH excluding ortho intramolecular Hbond substituents is 1. The average molecular weight is 313 g/mol. The average Bonchev–Trinajstić information content (AvgIpc) is 2.44. The van der Waals surface area contributed by atoms with Gasteiger partial charge < -0.3 is 10.4 Å². The number of amides is 1. The minimum absolute atomic E-state index is 0.0393. The zero-order valence-electron chi connectivity index (χ0n) is 14.7. The molecule has 0 radical (unpaired) electrons. The molecule has 0 saturated carbocycles. The third-order valence-electron chi connectivity index (χ3n) is 4.13. The first-order chi connectivity index (χ1) is 10.7. The van der Waals surface area contributed by atoms with Crippen LogP contribution in [0.4, 0.5) is 5.69 Å². The topological polar surface area (TPSA) is 49.3 Å². The van der Waals surface area contributed by atoms with E-state index in [9.17, 15) is 9.90 Å². The molecule has 2 N–H and O–H groups in total. The highest BCUT2D eigenvalue weighted by Crippen LogP contribution is 2.33. The van der Waals surface area contributed by atoms with Gasteiger partial charge in [-0.15, -0.1) is 0 Å². The third-order valence-corrected chi connectivity index (χ3v) is 4.13. The molecule has 0 fully saturated rings. The van der Waals surface area contributed by atoms with Crippen LogP contribution in [0.25, 0.3) is 10.8 Å². The molecule has 0 aliphatic rings. The van der Waals surface area contributed by atoms with E-state index in [0.29, 0.717) is 0 Å². The monoisotopic (exact) mass is 313 g/mol. The molecule has 0 spiro atoms. The second-order valence-electron chi connectivity index (χ2n) is 7.78. The Morgan fingerprint density at radius 3 is 2.30 bits per heavy atom. The van der Waals surface area contributed by atoms with Crippen molar-refractivity contribution >= 4 is 22.4 Å². The number of carbonyl (C=O) groups excluding carboxylic acids is 1. The Kier molecular flexibility index (Phi) is 4.98. The number of aromatic hydroxyl groups is 1. The molecule has 23 heavy (non-hydrogen) atoms. The molecule has 0 aliphatic carbocycles. The van der Waals surface area contributed by atoms with Crippen LogP contribution in [0.15, 0.2) is 36.4 Å². The highest BCUT2D eigenvalue weighted by molar-refractivity contribution is 6.04. The lowest BCUT2D eigenvalue weighted by atomic mass is 9.79. The maximum atomic E-state index is 12.8. The van der Waals surface area contributed by atoms with Crippen molar-refractivity contribution < 1.29 is 9.90 Å². The number of phenols is 1. The fourth-order valence-electron chi connectivity index (χ4n) is 2.92. The van der Waals surface area contributed by atoms with Gasteiger partial charge in [-0.2, -0.15) is 0 Å². The molecular formula is C20H27NO2. The number of carbonyl (C=O) groups is 1. The molecule has 124 valence electrons. The van der Waals surface area contributed by atoms with Gasteiger partial charge in [0.25, 0.3) is 0 Å². The van der Waals surface area contributed by atoms with Crippen LogP contribution in [0.3, 0.4) is 0 Å².